The molecular formula is C23H29N5O5. The Morgan fingerprint density at radius 2 is 1.91 bits per heavy atom. The topological polar surface area (TPSA) is 134 Å². The lowest BCUT2D eigenvalue weighted by atomic mass is 9.99. The van der Waals surface area contributed by atoms with Crippen molar-refractivity contribution in [3.8, 4) is 0 Å². The van der Waals surface area contributed by atoms with Crippen LogP contribution >= 0.6 is 0 Å². The van der Waals surface area contributed by atoms with Crippen molar-refractivity contribution >= 4 is 23.6 Å². The monoisotopic (exact) mass is 455 g/mol. The largest absolute Gasteiger partial charge is 0.418 e. The number of carbonyl (C=O) groups is 4. The number of Topliss-reactive ketones (excluding diaryl/α,β-unsaturated/α-hetero) is 1. The van der Waals surface area contributed by atoms with Crippen LogP contribution in [0.4, 0.5) is 4.79 Å². The van der Waals surface area contributed by atoms with Crippen molar-refractivity contribution in [2.45, 2.75) is 53.1 Å². The molecule has 0 spiro atoms. The van der Waals surface area contributed by atoms with Crippen LogP contribution in [0.3, 0.4) is 0 Å². The van der Waals surface area contributed by atoms with E-state index in [2.05, 4.69) is 20.8 Å². The molecule has 0 aliphatic carbocycles. The third kappa shape index (κ3) is 5.63. The number of rotatable bonds is 9. The van der Waals surface area contributed by atoms with Crippen molar-refractivity contribution in [1.29, 1.82) is 0 Å². The summed E-state index contributed by atoms with van der Waals surface area (Å²) in [5.41, 5.74) is 2.07. The molecule has 1 fully saturated rings. The van der Waals surface area contributed by atoms with Gasteiger partial charge in [0.05, 0.1) is 12.5 Å². The van der Waals surface area contributed by atoms with Gasteiger partial charge in [0.2, 0.25) is 17.6 Å². The van der Waals surface area contributed by atoms with E-state index in [0.717, 1.165) is 16.0 Å². The summed E-state index contributed by atoms with van der Waals surface area (Å²) in [4.78, 5) is 50.9. The minimum absolute atomic E-state index is 0.106. The Kier molecular flexibility index (Phi) is 7.25. The molecule has 2 atom stereocenters. The van der Waals surface area contributed by atoms with E-state index in [-0.39, 0.29) is 23.6 Å². The first-order valence-corrected chi connectivity index (χ1v) is 10.9. The molecule has 0 radical (unpaired) electrons. The van der Waals surface area contributed by atoms with E-state index in [4.69, 9.17) is 4.42 Å². The number of amides is 4. The SMILES string of the molecule is Cc1cccc(Cc2nnc(C(=O)[C@@H](NC(=O)CN3C(=O)N[C@@H](C(C)C)C3=O)C(C)C)o2)c1. The molecular weight excluding hydrogens is 426 g/mol. The van der Waals surface area contributed by atoms with Gasteiger partial charge < -0.3 is 15.1 Å². The quantitative estimate of drug-likeness (QED) is 0.435. The maximum absolute atomic E-state index is 13.0. The summed E-state index contributed by atoms with van der Waals surface area (Å²) in [5, 5.41) is 13.0. The number of nitrogens with one attached hydrogen (secondary N) is 2. The van der Waals surface area contributed by atoms with Crippen molar-refractivity contribution in [1.82, 2.24) is 25.7 Å². The molecule has 0 bridgehead atoms. The summed E-state index contributed by atoms with van der Waals surface area (Å²) in [6.07, 6.45) is 0.379. The average molecular weight is 456 g/mol. The van der Waals surface area contributed by atoms with E-state index >= 15 is 0 Å². The highest BCUT2D eigenvalue weighted by Crippen LogP contribution is 2.16. The molecule has 0 saturated carbocycles. The molecule has 10 nitrogen and oxygen atoms in total. The van der Waals surface area contributed by atoms with Crippen LogP contribution in [0.15, 0.2) is 28.7 Å². The van der Waals surface area contributed by atoms with Crippen LogP contribution in [-0.2, 0) is 16.0 Å². The summed E-state index contributed by atoms with van der Waals surface area (Å²) in [6, 6.07) is 5.57. The average Bonchev–Trinajstić information content (AvgIpc) is 3.31. The normalized spacial score (nSPS) is 16.9. The van der Waals surface area contributed by atoms with Crippen LogP contribution in [0.25, 0.3) is 0 Å². The molecule has 1 aromatic heterocycles. The van der Waals surface area contributed by atoms with Gasteiger partial charge in [-0.25, -0.2) is 4.79 Å². The molecule has 3 rings (SSSR count). The Morgan fingerprint density at radius 3 is 2.52 bits per heavy atom. The lowest BCUT2D eigenvalue weighted by Crippen LogP contribution is -2.49. The van der Waals surface area contributed by atoms with Gasteiger partial charge in [0.15, 0.2) is 0 Å². The number of aryl methyl sites for hydroxylation is 1. The zero-order chi connectivity index (χ0) is 24.3. The number of aromatic nitrogens is 2. The fraction of sp³-hybridized carbons (Fsp3) is 0.478. The zero-order valence-electron chi connectivity index (χ0n) is 19.4. The van der Waals surface area contributed by atoms with Gasteiger partial charge in [-0.1, -0.05) is 57.5 Å². The maximum Gasteiger partial charge on any atom is 0.325 e. The predicted molar refractivity (Wildman–Crippen MR) is 118 cm³/mol. The molecule has 1 aliphatic rings. The van der Waals surface area contributed by atoms with Crippen molar-refractivity contribution < 1.29 is 23.6 Å². The molecule has 2 heterocycles. The van der Waals surface area contributed by atoms with Crippen molar-refractivity contribution in [3.05, 3.63) is 47.2 Å². The van der Waals surface area contributed by atoms with Crippen molar-refractivity contribution in [2.75, 3.05) is 6.54 Å². The van der Waals surface area contributed by atoms with Crippen LogP contribution in [0.5, 0.6) is 0 Å². The lowest BCUT2D eigenvalue weighted by molar-refractivity contribution is -0.133. The molecule has 2 aromatic rings. The lowest BCUT2D eigenvalue weighted by Gasteiger charge is -2.21. The van der Waals surface area contributed by atoms with Crippen LogP contribution in [-0.4, -0.2) is 57.4 Å². The molecule has 10 heteroatoms. The number of hydrogen-bond acceptors (Lipinski definition) is 7. The Morgan fingerprint density at radius 1 is 1.18 bits per heavy atom. The van der Waals surface area contributed by atoms with Crippen molar-refractivity contribution in [3.63, 3.8) is 0 Å². The van der Waals surface area contributed by atoms with E-state index in [0.29, 0.717) is 6.42 Å². The molecule has 33 heavy (non-hydrogen) atoms. The number of hydrogen-bond donors (Lipinski definition) is 2. The van der Waals surface area contributed by atoms with Gasteiger partial charge in [0, 0.05) is 0 Å². The smallest absolute Gasteiger partial charge is 0.325 e. The highest BCUT2D eigenvalue weighted by atomic mass is 16.4. The van der Waals surface area contributed by atoms with E-state index in [1.54, 1.807) is 27.7 Å². The fourth-order valence-electron chi connectivity index (χ4n) is 3.59. The number of carbonyl (C=O) groups excluding carboxylic acids is 4. The van der Waals surface area contributed by atoms with E-state index in [1.807, 2.05) is 31.2 Å². The van der Waals surface area contributed by atoms with Crippen LogP contribution in [0, 0.1) is 18.8 Å². The van der Waals surface area contributed by atoms with E-state index in [1.165, 1.54) is 0 Å². The summed E-state index contributed by atoms with van der Waals surface area (Å²) in [5.74, 6) is -1.93. The molecule has 2 N–H and O–H groups in total. The molecule has 1 aliphatic heterocycles. The van der Waals surface area contributed by atoms with Gasteiger partial charge in [-0.05, 0) is 24.3 Å². The van der Waals surface area contributed by atoms with Crippen molar-refractivity contribution in [2.24, 2.45) is 11.8 Å². The first kappa shape index (κ1) is 24.1. The molecule has 1 saturated heterocycles. The van der Waals surface area contributed by atoms with Crippen LogP contribution < -0.4 is 10.6 Å². The highest BCUT2D eigenvalue weighted by molar-refractivity contribution is 6.07. The first-order valence-electron chi connectivity index (χ1n) is 10.9. The van der Waals surface area contributed by atoms with Gasteiger partial charge >= 0.3 is 6.03 Å². The number of nitrogens with zero attached hydrogens (tertiary/aromatic N) is 3. The minimum Gasteiger partial charge on any atom is -0.418 e. The second-order valence-electron chi connectivity index (χ2n) is 8.92. The summed E-state index contributed by atoms with van der Waals surface area (Å²) in [7, 11) is 0. The van der Waals surface area contributed by atoms with Gasteiger partial charge in [-0.3, -0.25) is 19.3 Å². The van der Waals surface area contributed by atoms with Gasteiger partial charge in [-0.15, -0.1) is 10.2 Å². The number of benzene rings is 1. The minimum atomic E-state index is -0.952. The Hall–Kier alpha value is -3.56. The van der Waals surface area contributed by atoms with Crippen LogP contribution in [0.2, 0.25) is 0 Å². The van der Waals surface area contributed by atoms with Gasteiger partial charge in [-0.2, -0.15) is 0 Å². The van der Waals surface area contributed by atoms with E-state index < -0.39 is 42.3 Å². The predicted octanol–water partition coefficient (Wildman–Crippen LogP) is 1.87. The Bertz CT molecular complexity index is 1060. The number of imide groups is 1. The molecule has 0 unspecified atom stereocenters. The second-order valence-corrected chi connectivity index (χ2v) is 8.92. The molecule has 176 valence electrons. The molecule has 4 amide bonds. The highest BCUT2D eigenvalue weighted by Gasteiger charge is 2.41. The van der Waals surface area contributed by atoms with E-state index in [9.17, 15) is 19.2 Å². The first-order chi connectivity index (χ1) is 15.6. The maximum atomic E-state index is 13.0. The standard InChI is InChI=1S/C23H29N5O5/c1-12(2)18(24-16(29)11-28-22(31)19(13(3)4)25-23(28)32)20(30)21-27-26-17(33-21)10-15-8-6-7-14(5)9-15/h6-9,12-13,18-19H,10-11H2,1-5H3,(H,24,29)(H,25,32)/t18-,19-/m0/s1. The number of urea groups is 1. The summed E-state index contributed by atoms with van der Waals surface area (Å²) < 4.78 is 5.56. The molecule has 1 aromatic carbocycles. The van der Waals surface area contributed by atoms with Crippen LogP contribution in [0.1, 0.15) is 55.4 Å². The van der Waals surface area contributed by atoms with Gasteiger partial charge in [0.1, 0.15) is 12.6 Å². The number of ketones is 1. The Balaban J connectivity index is 1.66. The zero-order valence-corrected chi connectivity index (χ0v) is 19.4. The van der Waals surface area contributed by atoms with Gasteiger partial charge in [0.25, 0.3) is 11.8 Å². The second kappa shape index (κ2) is 9.93. The third-order valence-electron chi connectivity index (χ3n) is 5.41. The Labute approximate surface area is 192 Å². The fourth-order valence-corrected chi connectivity index (χ4v) is 3.59. The third-order valence-corrected chi connectivity index (χ3v) is 5.41. The summed E-state index contributed by atoms with van der Waals surface area (Å²) in [6.45, 7) is 8.62. The summed E-state index contributed by atoms with van der Waals surface area (Å²) >= 11 is 0.